The molecule has 0 aliphatic carbocycles. The van der Waals surface area contributed by atoms with Crippen LogP contribution in [0.25, 0.3) is 10.9 Å². The molecule has 0 amide bonds. The molecule has 0 saturated heterocycles. The predicted octanol–water partition coefficient (Wildman–Crippen LogP) is 3.70. The van der Waals surface area contributed by atoms with Gasteiger partial charge in [0.15, 0.2) is 0 Å². The fourth-order valence-corrected chi connectivity index (χ4v) is 2.44. The van der Waals surface area contributed by atoms with E-state index in [1.165, 1.54) is 0 Å². The van der Waals surface area contributed by atoms with Crippen LogP contribution >= 0.6 is 0 Å². The monoisotopic (exact) mass is 517 g/mol. The number of nitrogens with zero attached hydrogens (tertiary/aromatic N) is 2. The topological polar surface area (TPSA) is 63.9 Å². The Balaban J connectivity index is 0.00000225. The Morgan fingerprint density at radius 2 is 2.12 bits per heavy atom. The standard InChI is InChI=1S/C19H15N2O3.Pt/c1-12-11-23-19(20-12)14-5-2-6-15(10-14)24-17-9-8-13-4-3-7-16(22)18(13)21-17;/h2-9,12,22H,11H2,1H3;/q-1;/t12-;/m0./s1/i1D3;. The Labute approximate surface area is 163 Å². The quantitative estimate of drug-likeness (QED) is 0.539. The van der Waals surface area contributed by atoms with Gasteiger partial charge in [0, 0.05) is 42.4 Å². The summed E-state index contributed by atoms with van der Waals surface area (Å²) in [6.45, 7) is -2.19. The van der Waals surface area contributed by atoms with Crippen LogP contribution in [0.15, 0.2) is 53.5 Å². The second kappa shape index (κ2) is 7.24. The molecule has 4 rings (SSSR count). The van der Waals surface area contributed by atoms with E-state index >= 15 is 0 Å². The fraction of sp³-hybridized carbons (Fsp3) is 0.158. The number of phenols is 1. The van der Waals surface area contributed by atoms with E-state index in [4.69, 9.17) is 13.6 Å². The number of fused-ring (bicyclic) bond motifs is 1. The molecule has 3 aromatic rings. The Kier molecular flexibility index (Phi) is 4.01. The van der Waals surface area contributed by atoms with Crippen LogP contribution in [-0.2, 0) is 25.8 Å². The molecule has 0 spiro atoms. The van der Waals surface area contributed by atoms with E-state index in [0.717, 1.165) is 5.39 Å². The van der Waals surface area contributed by atoms with Crippen molar-refractivity contribution in [2.75, 3.05) is 6.61 Å². The van der Waals surface area contributed by atoms with Crippen LogP contribution in [0.1, 0.15) is 16.5 Å². The van der Waals surface area contributed by atoms with Crippen molar-refractivity contribution in [1.82, 2.24) is 4.98 Å². The molecule has 1 N–H and O–H groups in total. The second-order valence-electron chi connectivity index (χ2n) is 5.29. The number of benzene rings is 2. The minimum absolute atomic E-state index is 0. The molecule has 2 heterocycles. The summed E-state index contributed by atoms with van der Waals surface area (Å²) in [6.07, 6.45) is 0. The minimum Gasteiger partial charge on any atom is -0.518 e. The van der Waals surface area contributed by atoms with Gasteiger partial charge in [-0.1, -0.05) is 23.8 Å². The first-order valence-electron chi connectivity index (χ1n) is 8.90. The van der Waals surface area contributed by atoms with Gasteiger partial charge in [-0.3, -0.25) is 4.99 Å². The summed E-state index contributed by atoms with van der Waals surface area (Å²) < 4.78 is 33.5. The van der Waals surface area contributed by atoms with Crippen LogP contribution < -0.4 is 4.74 Å². The van der Waals surface area contributed by atoms with Gasteiger partial charge in [-0.25, -0.2) is 4.98 Å². The van der Waals surface area contributed by atoms with Gasteiger partial charge in [-0.05, 0) is 19.0 Å². The predicted molar refractivity (Wildman–Crippen MR) is 90.7 cm³/mol. The normalized spacial score (nSPS) is 18.3. The fourth-order valence-electron chi connectivity index (χ4n) is 2.44. The van der Waals surface area contributed by atoms with Crippen molar-refractivity contribution in [1.29, 1.82) is 0 Å². The SMILES string of the molecule is [2H]C([2H])([2H])[C@H]1COC(c2[c-]c(Oc3ccc4cccc(O)c4n3)ccc2)=N1.[Pt]. The largest absolute Gasteiger partial charge is 0.518 e. The first-order chi connectivity index (χ1) is 12.9. The molecule has 1 aliphatic heterocycles. The summed E-state index contributed by atoms with van der Waals surface area (Å²) in [7, 11) is 0. The summed E-state index contributed by atoms with van der Waals surface area (Å²) in [6, 6.07) is 15.9. The molecule has 1 aromatic heterocycles. The molecule has 2 aromatic carbocycles. The Bertz CT molecular complexity index is 1040. The maximum absolute atomic E-state index is 9.94. The maximum atomic E-state index is 9.94. The average molecular weight is 517 g/mol. The molecule has 1 atom stereocenters. The molecular formula is C19H15N2O3Pt-. The van der Waals surface area contributed by atoms with Gasteiger partial charge < -0.3 is 14.6 Å². The third-order valence-corrected chi connectivity index (χ3v) is 3.54. The number of hydrogen-bond donors (Lipinski definition) is 1. The van der Waals surface area contributed by atoms with E-state index in [9.17, 15) is 5.11 Å². The van der Waals surface area contributed by atoms with Crippen molar-refractivity contribution in [3.05, 3.63) is 60.2 Å². The summed E-state index contributed by atoms with van der Waals surface area (Å²) >= 11 is 0. The third-order valence-electron chi connectivity index (χ3n) is 3.54. The average Bonchev–Trinajstić information content (AvgIpc) is 3.13. The van der Waals surface area contributed by atoms with Crippen molar-refractivity contribution >= 4 is 16.8 Å². The van der Waals surface area contributed by atoms with Gasteiger partial charge >= 0.3 is 0 Å². The van der Waals surface area contributed by atoms with E-state index in [0.29, 0.717) is 22.7 Å². The summed E-state index contributed by atoms with van der Waals surface area (Å²) in [5, 5.41) is 10.7. The van der Waals surface area contributed by atoms with Gasteiger partial charge in [0.05, 0.1) is 12.6 Å². The first-order valence-corrected chi connectivity index (χ1v) is 7.40. The summed E-state index contributed by atoms with van der Waals surface area (Å²) in [4.78, 5) is 8.44. The number of aliphatic imine (C=N–C) groups is 1. The zero-order valence-electron chi connectivity index (χ0n) is 15.9. The molecule has 0 fully saturated rings. The molecule has 0 radical (unpaired) electrons. The number of aromatic hydroxyl groups is 1. The number of para-hydroxylation sites is 1. The molecule has 1 aliphatic rings. The van der Waals surface area contributed by atoms with Crippen molar-refractivity contribution in [2.24, 2.45) is 4.99 Å². The number of phenolic OH excluding ortho intramolecular Hbond substituents is 1. The number of hydrogen-bond acceptors (Lipinski definition) is 5. The van der Waals surface area contributed by atoms with Crippen molar-refractivity contribution in [3.8, 4) is 17.4 Å². The van der Waals surface area contributed by atoms with Crippen LogP contribution in [-0.4, -0.2) is 28.6 Å². The Hall–Kier alpha value is -2.39. The molecule has 0 unspecified atom stereocenters. The van der Waals surface area contributed by atoms with E-state index in [2.05, 4.69) is 16.0 Å². The van der Waals surface area contributed by atoms with Crippen molar-refractivity contribution < 1.29 is 39.8 Å². The van der Waals surface area contributed by atoms with Gasteiger partial charge in [-0.2, -0.15) is 0 Å². The zero-order valence-corrected chi connectivity index (χ0v) is 15.1. The summed E-state index contributed by atoms with van der Waals surface area (Å²) in [5.41, 5.74) is 0.943. The van der Waals surface area contributed by atoms with Gasteiger partial charge in [-0.15, -0.1) is 18.2 Å². The van der Waals surface area contributed by atoms with E-state index in [1.54, 1.807) is 42.5 Å². The van der Waals surface area contributed by atoms with Crippen LogP contribution in [0.3, 0.4) is 0 Å². The molecule has 5 nitrogen and oxygen atoms in total. The number of aromatic nitrogens is 1. The third kappa shape index (κ3) is 3.67. The molecular weight excluding hydrogens is 499 g/mol. The van der Waals surface area contributed by atoms with Crippen LogP contribution in [0, 0.1) is 6.07 Å². The van der Waals surface area contributed by atoms with Crippen LogP contribution in [0.2, 0.25) is 0 Å². The molecule has 0 saturated carbocycles. The first kappa shape index (κ1) is 13.8. The molecule has 6 heteroatoms. The molecule has 0 bridgehead atoms. The van der Waals surface area contributed by atoms with Crippen LogP contribution in [0.4, 0.5) is 0 Å². The Morgan fingerprint density at radius 3 is 2.96 bits per heavy atom. The molecule has 130 valence electrons. The minimum atomic E-state index is -2.20. The van der Waals surface area contributed by atoms with Gasteiger partial charge in [0.25, 0.3) is 0 Å². The van der Waals surface area contributed by atoms with Crippen molar-refractivity contribution in [3.63, 3.8) is 0 Å². The van der Waals surface area contributed by atoms with Crippen molar-refractivity contribution in [2.45, 2.75) is 12.9 Å². The number of pyridine rings is 1. The van der Waals surface area contributed by atoms with Gasteiger partial charge in [0.2, 0.25) is 5.88 Å². The van der Waals surface area contributed by atoms with E-state index < -0.39 is 12.9 Å². The van der Waals surface area contributed by atoms with Gasteiger partial charge in [0.1, 0.15) is 17.2 Å². The smallest absolute Gasteiger partial charge is 0.217 e. The second-order valence-corrected chi connectivity index (χ2v) is 5.29. The molecule has 25 heavy (non-hydrogen) atoms. The Morgan fingerprint density at radius 1 is 1.24 bits per heavy atom. The zero-order chi connectivity index (χ0) is 19.0. The van der Waals surface area contributed by atoms with E-state index in [1.807, 2.05) is 6.07 Å². The maximum Gasteiger partial charge on any atom is 0.217 e. The number of ether oxygens (including phenoxy) is 2. The summed E-state index contributed by atoms with van der Waals surface area (Å²) in [5.74, 6) is 0.969. The van der Waals surface area contributed by atoms with E-state index in [-0.39, 0.29) is 39.3 Å². The number of rotatable bonds is 3. The van der Waals surface area contributed by atoms with Crippen LogP contribution in [0.5, 0.6) is 17.4 Å².